The molecule has 0 atom stereocenters. The van der Waals surface area contributed by atoms with E-state index < -0.39 is 0 Å². The van der Waals surface area contributed by atoms with E-state index in [2.05, 4.69) is 0 Å². The molecule has 2 N–H and O–H groups in total. The second kappa shape index (κ2) is 8.04. The van der Waals surface area contributed by atoms with Crippen LogP contribution in [-0.2, 0) is 20.5 Å². The van der Waals surface area contributed by atoms with E-state index in [9.17, 15) is 9.59 Å². The lowest BCUT2D eigenvalue weighted by atomic mass is 10.1. The Labute approximate surface area is 174 Å². The van der Waals surface area contributed by atoms with Gasteiger partial charge in [-0.2, -0.15) is 0 Å². The quantitative estimate of drug-likeness (QED) is 0.519. The van der Waals surface area contributed by atoms with Gasteiger partial charge in [0.05, 0.1) is 11.4 Å². The first-order chi connectivity index (χ1) is 13.9. The fraction of sp³-hybridized carbons (Fsp3) is 0.217. The van der Waals surface area contributed by atoms with Crippen LogP contribution in [0.3, 0.4) is 0 Å². The van der Waals surface area contributed by atoms with Crippen LogP contribution in [0.5, 0.6) is 0 Å². The van der Waals surface area contributed by atoms with Crippen molar-refractivity contribution in [2.24, 2.45) is 14.1 Å². The Morgan fingerprint density at radius 3 is 1.30 bits per heavy atom. The van der Waals surface area contributed by atoms with Crippen LogP contribution in [0.15, 0.2) is 70.3 Å². The highest BCUT2D eigenvalue weighted by molar-refractivity contribution is 5.38. The molecule has 4 rings (SSSR count). The largest absolute Gasteiger partial charge is 0.412 e. The molecular weight excluding hydrogens is 380 g/mol. The first-order valence-electron chi connectivity index (χ1n) is 9.57. The summed E-state index contributed by atoms with van der Waals surface area (Å²) < 4.78 is 7.00. The van der Waals surface area contributed by atoms with Crippen molar-refractivity contribution >= 4 is 0 Å². The molecule has 0 unspecified atom stereocenters. The summed E-state index contributed by atoms with van der Waals surface area (Å²) in [6, 6.07) is 19.1. The van der Waals surface area contributed by atoms with E-state index in [0.29, 0.717) is 17.5 Å². The number of rotatable bonds is 4. The summed E-state index contributed by atoms with van der Waals surface area (Å²) in [4.78, 5) is 26.5. The third kappa shape index (κ3) is 3.23. The summed E-state index contributed by atoms with van der Waals surface area (Å²) in [6.07, 6.45) is 0.302. The minimum atomic E-state index is -0.0925. The van der Waals surface area contributed by atoms with Crippen LogP contribution in [0, 0.1) is 13.8 Å². The molecule has 2 heterocycles. The maximum atomic E-state index is 13.2. The molecule has 0 bridgehead atoms. The molecule has 4 aromatic rings. The van der Waals surface area contributed by atoms with Gasteiger partial charge in [0, 0.05) is 43.0 Å². The summed E-state index contributed by atoms with van der Waals surface area (Å²) in [5.41, 5.74) is 4.42. The normalized spacial score (nSPS) is 10.8. The Morgan fingerprint density at radius 1 is 0.633 bits per heavy atom. The standard InChI is InChI=1S/C23H24N4O2.H2O/c1-16-20(22(28)26(24(16)3)18-11-7-5-8-12-18)15-21-17(2)25(4)27(23(21)29)19-13-9-6-10-14-19;/h5-14H,15H2,1-4H3;1H2. The highest BCUT2D eigenvalue weighted by Crippen LogP contribution is 2.16. The highest BCUT2D eigenvalue weighted by Gasteiger charge is 2.22. The average Bonchev–Trinajstić information content (AvgIpc) is 3.08. The molecule has 0 radical (unpaired) electrons. The molecule has 7 heteroatoms. The maximum Gasteiger partial charge on any atom is 0.275 e. The topological polar surface area (TPSA) is 85.4 Å². The summed E-state index contributed by atoms with van der Waals surface area (Å²) in [6.45, 7) is 3.84. The van der Waals surface area contributed by atoms with Crippen molar-refractivity contribution in [3.05, 3.63) is 104 Å². The second-order valence-electron chi connectivity index (χ2n) is 7.26. The molecule has 0 amide bonds. The van der Waals surface area contributed by atoms with Crippen molar-refractivity contribution in [2.45, 2.75) is 20.3 Å². The first kappa shape index (κ1) is 21.1. The van der Waals surface area contributed by atoms with E-state index in [-0.39, 0.29) is 16.6 Å². The minimum absolute atomic E-state index is 0. The lowest BCUT2D eigenvalue weighted by molar-refractivity contribution is 0.630. The molecule has 7 nitrogen and oxygen atoms in total. The van der Waals surface area contributed by atoms with Gasteiger partial charge in [-0.3, -0.25) is 19.0 Å². The predicted molar refractivity (Wildman–Crippen MR) is 118 cm³/mol. The van der Waals surface area contributed by atoms with Gasteiger partial charge in [0.15, 0.2) is 0 Å². The third-order valence-corrected chi connectivity index (χ3v) is 5.70. The van der Waals surface area contributed by atoms with Crippen molar-refractivity contribution < 1.29 is 5.48 Å². The molecule has 0 saturated carbocycles. The molecule has 30 heavy (non-hydrogen) atoms. The van der Waals surface area contributed by atoms with E-state index >= 15 is 0 Å². The maximum absolute atomic E-state index is 13.2. The van der Waals surface area contributed by atoms with Crippen LogP contribution in [0.1, 0.15) is 22.5 Å². The summed E-state index contributed by atoms with van der Waals surface area (Å²) in [7, 11) is 3.74. The van der Waals surface area contributed by atoms with Gasteiger partial charge >= 0.3 is 0 Å². The number of hydrogen-bond donors (Lipinski definition) is 0. The fourth-order valence-corrected chi connectivity index (χ4v) is 3.83. The van der Waals surface area contributed by atoms with Gasteiger partial charge in [0.2, 0.25) is 0 Å². The third-order valence-electron chi connectivity index (χ3n) is 5.70. The summed E-state index contributed by atoms with van der Waals surface area (Å²) >= 11 is 0. The van der Waals surface area contributed by atoms with Gasteiger partial charge in [-0.05, 0) is 38.1 Å². The Bertz CT molecular complexity index is 1190. The summed E-state index contributed by atoms with van der Waals surface area (Å²) in [5, 5.41) is 0. The lowest BCUT2D eigenvalue weighted by Gasteiger charge is -2.07. The van der Waals surface area contributed by atoms with E-state index in [4.69, 9.17) is 0 Å². The monoisotopic (exact) mass is 406 g/mol. The number of benzene rings is 2. The second-order valence-corrected chi connectivity index (χ2v) is 7.26. The van der Waals surface area contributed by atoms with Crippen molar-refractivity contribution in [1.82, 2.24) is 18.7 Å². The van der Waals surface area contributed by atoms with Crippen LogP contribution >= 0.6 is 0 Å². The van der Waals surface area contributed by atoms with Crippen LogP contribution in [0.2, 0.25) is 0 Å². The molecule has 0 fully saturated rings. The molecule has 2 aromatic heterocycles. The van der Waals surface area contributed by atoms with Crippen LogP contribution in [0.4, 0.5) is 0 Å². The Morgan fingerprint density at radius 2 is 0.967 bits per heavy atom. The summed E-state index contributed by atoms with van der Waals surface area (Å²) in [5.74, 6) is 0. The molecule has 0 saturated heterocycles. The van der Waals surface area contributed by atoms with Crippen LogP contribution in [-0.4, -0.2) is 24.2 Å². The van der Waals surface area contributed by atoms with Gasteiger partial charge in [-0.1, -0.05) is 36.4 Å². The number of aromatic nitrogens is 4. The number of para-hydroxylation sites is 2. The lowest BCUT2D eigenvalue weighted by Crippen LogP contribution is -2.23. The van der Waals surface area contributed by atoms with E-state index in [0.717, 1.165) is 22.8 Å². The molecular formula is C23H26N4O3. The van der Waals surface area contributed by atoms with Crippen LogP contribution < -0.4 is 11.1 Å². The number of hydrogen-bond acceptors (Lipinski definition) is 2. The molecule has 0 aliphatic rings. The zero-order chi connectivity index (χ0) is 20.7. The van der Waals surface area contributed by atoms with Gasteiger partial charge in [0.1, 0.15) is 0 Å². The minimum Gasteiger partial charge on any atom is -0.412 e. The Hall–Kier alpha value is -3.58. The predicted octanol–water partition coefficient (Wildman–Crippen LogP) is 2.05. The zero-order valence-corrected chi connectivity index (χ0v) is 17.6. The van der Waals surface area contributed by atoms with Gasteiger partial charge in [0.25, 0.3) is 11.1 Å². The molecule has 0 spiro atoms. The zero-order valence-electron chi connectivity index (χ0n) is 17.6. The Balaban J connectivity index is 0.00000256. The Kier molecular flexibility index (Phi) is 5.67. The molecule has 2 aromatic carbocycles. The van der Waals surface area contributed by atoms with Crippen molar-refractivity contribution in [2.75, 3.05) is 0 Å². The average molecular weight is 406 g/mol. The van der Waals surface area contributed by atoms with Crippen LogP contribution in [0.25, 0.3) is 11.4 Å². The first-order valence-corrected chi connectivity index (χ1v) is 9.57. The smallest absolute Gasteiger partial charge is 0.275 e. The van der Waals surface area contributed by atoms with Gasteiger partial charge in [-0.15, -0.1) is 0 Å². The molecule has 156 valence electrons. The van der Waals surface area contributed by atoms with Crippen molar-refractivity contribution in [3.63, 3.8) is 0 Å². The van der Waals surface area contributed by atoms with Crippen molar-refractivity contribution in [1.29, 1.82) is 0 Å². The SMILES string of the molecule is Cc1c(Cc2c(C)n(C)n(-c3ccccc3)c2=O)c(=O)n(-c2ccccc2)n1C.O. The number of nitrogens with zero attached hydrogens (tertiary/aromatic N) is 4. The van der Waals surface area contributed by atoms with E-state index in [1.165, 1.54) is 0 Å². The van der Waals surface area contributed by atoms with Gasteiger partial charge in [-0.25, -0.2) is 9.36 Å². The van der Waals surface area contributed by atoms with E-state index in [1.54, 1.807) is 9.36 Å². The molecule has 0 aliphatic heterocycles. The highest BCUT2D eigenvalue weighted by atomic mass is 16.1. The fourth-order valence-electron chi connectivity index (χ4n) is 3.83. The van der Waals surface area contributed by atoms with Gasteiger partial charge < -0.3 is 5.48 Å². The van der Waals surface area contributed by atoms with E-state index in [1.807, 2.05) is 98.0 Å². The van der Waals surface area contributed by atoms with Crippen molar-refractivity contribution in [3.8, 4) is 11.4 Å². The molecule has 0 aliphatic carbocycles.